The summed E-state index contributed by atoms with van der Waals surface area (Å²) in [5.74, 6) is -0.276. The van der Waals surface area contributed by atoms with Crippen LogP contribution in [0.15, 0.2) is 18.2 Å². The standard InChI is InChI=1S/C15H21N3O4/c1-22-10-4-7-16-15(19)13-11-12(18(20)21)5-6-14(13)17-8-2-3-9-17/h5-6,11H,2-4,7-10H2,1H3,(H,16,19). The summed E-state index contributed by atoms with van der Waals surface area (Å²) < 4.78 is 4.94. The van der Waals surface area contributed by atoms with Crippen molar-refractivity contribution in [1.29, 1.82) is 0 Å². The Hall–Kier alpha value is -2.15. The molecule has 7 nitrogen and oxygen atoms in total. The lowest BCUT2D eigenvalue weighted by molar-refractivity contribution is -0.384. The number of nitrogens with zero attached hydrogens (tertiary/aromatic N) is 2. The van der Waals surface area contributed by atoms with Gasteiger partial charge in [0.1, 0.15) is 0 Å². The number of non-ortho nitro benzene ring substituents is 1. The van der Waals surface area contributed by atoms with Crippen molar-refractivity contribution in [2.75, 3.05) is 38.3 Å². The number of ether oxygens (including phenoxy) is 1. The molecule has 7 heteroatoms. The molecular formula is C15H21N3O4. The van der Waals surface area contributed by atoms with Crippen molar-refractivity contribution in [3.8, 4) is 0 Å². The van der Waals surface area contributed by atoms with Gasteiger partial charge >= 0.3 is 0 Å². The van der Waals surface area contributed by atoms with Crippen LogP contribution in [0.25, 0.3) is 0 Å². The Kier molecular flexibility index (Phi) is 5.71. The summed E-state index contributed by atoms with van der Waals surface area (Å²) in [7, 11) is 1.61. The second kappa shape index (κ2) is 7.74. The van der Waals surface area contributed by atoms with E-state index in [1.54, 1.807) is 13.2 Å². The van der Waals surface area contributed by atoms with Gasteiger partial charge in [-0.2, -0.15) is 0 Å². The van der Waals surface area contributed by atoms with Gasteiger partial charge < -0.3 is 15.0 Å². The van der Waals surface area contributed by atoms with Crippen LogP contribution in [0.2, 0.25) is 0 Å². The molecule has 0 unspecified atom stereocenters. The van der Waals surface area contributed by atoms with E-state index in [4.69, 9.17) is 4.74 Å². The molecule has 22 heavy (non-hydrogen) atoms. The molecule has 1 aromatic carbocycles. The highest BCUT2D eigenvalue weighted by Gasteiger charge is 2.22. The molecule has 0 spiro atoms. The quantitative estimate of drug-likeness (QED) is 0.473. The summed E-state index contributed by atoms with van der Waals surface area (Å²) in [6.45, 7) is 2.80. The van der Waals surface area contributed by atoms with Gasteiger partial charge in [-0.25, -0.2) is 0 Å². The third-order valence-corrected chi connectivity index (χ3v) is 3.69. The number of anilines is 1. The summed E-state index contributed by atoms with van der Waals surface area (Å²) in [5, 5.41) is 13.7. The van der Waals surface area contributed by atoms with E-state index in [0.717, 1.165) is 31.6 Å². The largest absolute Gasteiger partial charge is 0.385 e. The van der Waals surface area contributed by atoms with E-state index in [1.165, 1.54) is 12.1 Å². The SMILES string of the molecule is COCCCNC(=O)c1cc([N+](=O)[O-])ccc1N1CCCC1. The lowest BCUT2D eigenvalue weighted by atomic mass is 10.1. The van der Waals surface area contributed by atoms with Gasteiger partial charge in [-0.1, -0.05) is 0 Å². The minimum Gasteiger partial charge on any atom is -0.385 e. The molecule has 0 atom stereocenters. The van der Waals surface area contributed by atoms with Crippen molar-refractivity contribution in [3.63, 3.8) is 0 Å². The fourth-order valence-electron chi connectivity index (χ4n) is 2.57. The number of amides is 1. The van der Waals surface area contributed by atoms with E-state index in [0.29, 0.717) is 25.1 Å². The molecule has 1 fully saturated rings. The first kappa shape index (κ1) is 16.2. The molecule has 0 saturated carbocycles. The maximum Gasteiger partial charge on any atom is 0.270 e. The summed E-state index contributed by atoms with van der Waals surface area (Å²) in [5.41, 5.74) is 1.07. The van der Waals surface area contributed by atoms with Crippen molar-refractivity contribution in [2.45, 2.75) is 19.3 Å². The monoisotopic (exact) mass is 307 g/mol. The van der Waals surface area contributed by atoms with Crippen molar-refractivity contribution in [3.05, 3.63) is 33.9 Å². The second-order valence-corrected chi connectivity index (χ2v) is 5.25. The van der Waals surface area contributed by atoms with E-state index in [1.807, 2.05) is 0 Å². The lowest BCUT2D eigenvalue weighted by Crippen LogP contribution is -2.28. The van der Waals surface area contributed by atoms with Crippen LogP contribution in [0.5, 0.6) is 0 Å². The van der Waals surface area contributed by atoms with Crippen molar-refractivity contribution >= 4 is 17.3 Å². The van der Waals surface area contributed by atoms with Gasteiger partial charge in [-0.3, -0.25) is 14.9 Å². The number of nitro benzene ring substituents is 1. The van der Waals surface area contributed by atoms with E-state index >= 15 is 0 Å². The van der Waals surface area contributed by atoms with E-state index in [2.05, 4.69) is 10.2 Å². The summed E-state index contributed by atoms with van der Waals surface area (Å²) in [4.78, 5) is 24.9. The van der Waals surface area contributed by atoms with Gasteiger partial charge in [0.25, 0.3) is 11.6 Å². The second-order valence-electron chi connectivity index (χ2n) is 5.25. The van der Waals surface area contributed by atoms with Gasteiger partial charge in [0.15, 0.2) is 0 Å². The highest BCUT2D eigenvalue weighted by molar-refractivity contribution is 6.00. The number of nitrogens with one attached hydrogen (secondary N) is 1. The van der Waals surface area contributed by atoms with Crippen LogP contribution in [0.1, 0.15) is 29.6 Å². The highest BCUT2D eigenvalue weighted by atomic mass is 16.6. The fraction of sp³-hybridized carbons (Fsp3) is 0.533. The Morgan fingerprint density at radius 2 is 2.14 bits per heavy atom. The Balaban J connectivity index is 2.18. The molecule has 0 radical (unpaired) electrons. The predicted octanol–water partition coefficient (Wildman–Crippen LogP) is 1.96. The first-order valence-electron chi connectivity index (χ1n) is 7.44. The lowest BCUT2D eigenvalue weighted by Gasteiger charge is -2.20. The zero-order chi connectivity index (χ0) is 15.9. The summed E-state index contributed by atoms with van der Waals surface area (Å²) in [6.07, 6.45) is 2.86. The molecule has 1 aromatic rings. The zero-order valence-electron chi connectivity index (χ0n) is 12.7. The molecule has 1 aliphatic heterocycles. The number of hydrogen-bond acceptors (Lipinski definition) is 5. The first-order chi connectivity index (χ1) is 10.6. The molecule has 1 aliphatic rings. The maximum absolute atomic E-state index is 12.4. The molecule has 0 aromatic heterocycles. The van der Waals surface area contributed by atoms with Crippen LogP contribution in [0.4, 0.5) is 11.4 Å². The third kappa shape index (κ3) is 3.94. The van der Waals surface area contributed by atoms with Crippen LogP contribution >= 0.6 is 0 Å². The number of benzene rings is 1. The highest BCUT2D eigenvalue weighted by Crippen LogP contribution is 2.28. The first-order valence-corrected chi connectivity index (χ1v) is 7.44. The fourth-order valence-corrected chi connectivity index (χ4v) is 2.57. The van der Waals surface area contributed by atoms with Crippen LogP contribution in [-0.4, -0.2) is 44.2 Å². The average Bonchev–Trinajstić information content (AvgIpc) is 3.05. The number of carbonyl (C=O) groups is 1. The minimum absolute atomic E-state index is 0.0648. The van der Waals surface area contributed by atoms with Crippen LogP contribution in [0, 0.1) is 10.1 Å². The summed E-state index contributed by atoms with van der Waals surface area (Å²) in [6, 6.07) is 4.49. The Bertz CT molecular complexity index is 542. The molecule has 120 valence electrons. The van der Waals surface area contributed by atoms with Crippen molar-refractivity contribution in [1.82, 2.24) is 5.32 Å². The smallest absolute Gasteiger partial charge is 0.270 e. The van der Waals surface area contributed by atoms with Crippen molar-refractivity contribution in [2.24, 2.45) is 0 Å². The average molecular weight is 307 g/mol. The molecule has 1 amide bonds. The minimum atomic E-state index is -0.477. The molecular weight excluding hydrogens is 286 g/mol. The van der Waals surface area contributed by atoms with Gasteiger partial charge in [-0.15, -0.1) is 0 Å². The number of rotatable bonds is 7. The molecule has 0 aliphatic carbocycles. The summed E-state index contributed by atoms with van der Waals surface area (Å²) >= 11 is 0. The van der Waals surface area contributed by atoms with Crippen LogP contribution in [-0.2, 0) is 4.74 Å². The topological polar surface area (TPSA) is 84.7 Å². The number of hydrogen-bond donors (Lipinski definition) is 1. The maximum atomic E-state index is 12.4. The van der Waals surface area contributed by atoms with Crippen molar-refractivity contribution < 1.29 is 14.5 Å². The molecule has 2 rings (SSSR count). The van der Waals surface area contributed by atoms with Gasteiger partial charge in [0.05, 0.1) is 16.2 Å². The molecule has 0 bridgehead atoms. The molecule has 1 heterocycles. The zero-order valence-corrected chi connectivity index (χ0v) is 12.7. The Morgan fingerprint density at radius 1 is 1.41 bits per heavy atom. The number of carbonyl (C=O) groups excluding carboxylic acids is 1. The number of methoxy groups -OCH3 is 1. The van der Waals surface area contributed by atoms with E-state index < -0.39 is 4.92 Å². The van der Waals surface area contributed by atoms with Gasteiger partial charge in [0.2, 0.25) is 0 Å². The number of nitro groups is 1. The van der Waals surface area contributed by atoms with E-state index in [-0.39, 0.29) is 11.6 Å². The Morgan fingerprint density at radius 3 is 2.77 bits per heavy atom. The predicted molar refractivity (Wildman–Crippen MR) is 83.4 cm³/mol. The van der Waals surface area contributed by atoms with Gasteiger partial charge in [0, 0.05) is 45.5 Å². The van der Waals surface area contributed by atoms with E-state index in [9.17, 15) is 14.9 Å². The third-order valence-electron chi connectivity index (χ3n) is 3.69. The normalized spacial score (nSPS) is 14.1. The molecule has 1 N–H and O–H groups in total. The molecule has 1 saturated heterocycles. The van der Waals surface area contributed by atoms with Crippen LogP contribution < -0.4 is 10.2 Å². The van der Waals surface area contributed by atoms with Crippen LogP contribution in [0.3, 0.4) is 0 Å². The van der Waals surface area contributed by atoms with Gasteiger partial charge in [-0.05, 0) is 25.3 Å². The Labute approximate surface area is 129 Å².